The van der Waals surface area contributed by atoms with E-state index >= 15 is 0 Å². The monoisotopic (exact) mass is 465 g/mol. The van der Waals surface area contributed by atoms with Crippen LogP contribution in [0, 0.1) is 17.2 Å². The fourth-order valence-corrected chi connectivity index (χ4v) is 3.80. The minimum atomic E-state index is -4.43. The quantitative estimate of drug-likeness (QED) is 0.495. The zero-order chi connectivity index (χ0) is 22.8. The predicted octanol–water partition coefficient (Wildman–Crippen LogP) is 5.38. The topological polar surface area (TPSA) is 66.5 Å². The number of aromatic nitrogens is 3. The van der Waals surface area contributed by atoms with Gasteiger partial charge in [0.25, 0.3) is 0 Å². The van der Waals surface area contributed by atoms with Gasteiger partial charge in [0.15, 0.2) is 0 Å². The standard InChI is InChI=1S/C21H19ClF3N5S/c1-13(2)10-20(11-26,12-30-28-17-8-7-16(22)9-18(17)29-30)27-19(31)14-3-5-15(6-4-14)21(23,24)25/h3-9,13H,10,12H2,1-2H3,(H,27,31). The number of rotatable bonds is 6. The fourth-order valence-electron chi connectivity index (χ4n) is 3.31. The summed E-state index contributed by atoms with van der Waals surface area (Å²) in [5, 5.41) is 22.4. The molecule has 2 aromatic carbocycles. The summed E-state index contributed by atoms with van der Waals surface area (Å²) in [4.78, 5) is 1.59. The number of hydrogen-bond donors (Lipinski definition) is 1. The molecule has 1 aromatic heterocycles. The fraction of sp³-hybridized carbons (Fsp3) is 0.333. The van der Waals surface area contributed by atoms with Gasteiger partial charge in [0.1, 0.15) is 21.6 Å². The van der Waals surface area contributed by atoms with Crippen molar-refractivity contribution in [3.8, 4) is 6.07 Å². The molecule has 3 aromatic rings. The second kappa shape index (κ2) is 8.81. The van der Waals surface area contributed by atoms with E-state index in [9.17, 15) is 18.4 Å². The highest BCUT2D eigenvalue weighted by atomic mass is 35.5. The Bertz CT molecular complexity index is 1130. The molecule has 0 aliphatic rings. The SMILES string of the molecule is CC(C)CC(C#N)(Cn1nc2ccc(Cl)cc2n1)NC(=S)c1ccc(C(F)(F)F)cc1. The molecular formula is C21H19ClF3N5S. The van der Waals surface area contributed by atoms with Crippen molar-refractivity contribution in [2.75, 3.05) is 0 Å². The summed E-state index contributed by atoms with van der Waals surface area (Å²) in [5.74, 6) is 0.127. The molecule has 0 spiro atoms. The lowest BCUT2D eigenvalue weighted by Gasteiger charge is -2.30. The third-order valence-corrected chi connectivity index (χ3v) is 5.17. The van der Waals surface area contributed by atoms with Gasteiger partial charge in [-0.15, -0.1) is 0 Å². The van der Waals surface area contributed by atoms with Gasteiger partial charge in [-0.2, -0.15) is 33.4 Å². The van der Waals surface area contributed by atoms with Crippen LogP contribution in [0.1, 0.15) is 31.4 Å². The number of benzene rings is 2. The van der Waals surface area contributed by atoms with Crippen molar-refractivity contribution in [2.24, 2.45) is 5.92 Å². The van der Waals surface area contributed by atoms with Gasteiger partial charge in [-0.25, -0.2) is 0 Å². The molecule has 0 fully saturated rings. The number of thiocarbonyl (C=S) groups is 1. The number of nitrogens with one attached hydrogen (secondary N) is 1. The smallest absolute Gasteiger partial charge is 0.356 e. The number of nitriles is 1. The van der Waals surface area contributed by atoms with Crippen LogP contribution < -0.4 is 5.32 Å². The molecule has 1 N–H and O–H groups in total. The van der Waals surface area contributed by atoms with Crippen LogP contribution in [0.3, 0.4) is 0 Å². The molecule has 5 nitrogen and oxygen atoms in total. The van der Waals surface area contributed by atoms with Crippen LogP contribution in [0.25, 0.3) is 11.0 Å². The zero-order valence-corrected chi connectivity index (χ0v) is 18.3. The lowest BCUT2D eigenvalue weighted by Crippen LogP contribution is -2.51. The summed E-state index contributed by atoms with van der Waals surface area (Å²) < 4.78 is 38.5. The molecule has 0 bridgehead atoms. The lowest BCUT2D eigenvalue weighted by atomic mass is 9.89. The minimum absolute atomic E-state index is 0.0920. The van der Waals surface area contributed by atoms with Crippen LogP contribution in [0.4, 0.5) is 13.2 Å². The summed E-state index contributed by atoms with van der Waals surface area (Å²) in [5.41, 5.74) is -0.316. The normalized spacial score (nSPS) is 13.7. The summed E-state index contributed by atoms with van der Waals surface area (Å²) in [6.07, 6.45) is -4.01. The van der Waals surface area contributed by atoms with Crippen LogP contribution in [0.5, 0.6) is 0 Å². The van der Waals surface area contributed by atoms with Gasteiger partial charge < -0.3 is 5.32 Å². The van der Waals surface area contributed by atoms with Crippen LogP contribution in [-0.4, -0.2) is 25.5 Å². The first-order chi connectivity index (χ1) is 14.5. The lowest BCUT2D eigenvalue weighted by molar-refractivity contribution is -0.137. The average Bonchev–Trinajstić information content (AvgIpc) is 3.07. The second-order valence-electron chi connectivity index (χ2n) is 7.68. The van der Waals surface area contributed by atoms with E-state index in [0.717, 1.165) is 12.1 Å². The Balaban J connectivity index is 1.88. The molecule has 0 saturated carbocycles. The maximum absolute atomic E-state index is 12.8. The Morgan fingerprint density at radius 2 is 1.81 bits per heavy atom. The van der Waals surface area contributed by atoms with E-state index in [4.69, 9.17) is 23.8 Å². The Morgan fingerprint density at radius 1 is 1.16 bits per heavy atom. The van der Waals surface area contributed by atoms with Crippen LogP contribution >= 0.6 is 23.8 Å². The van der Waals surface area contributed by atoms with Gasteiger partial charge >= 0.3 is 6.18 Å². The highest BCUT2D eigenvalue weighted by Gasteiger charge is 2.34. The van der Waals surface area contributed by atoms with Crippen LogP contribution in [0.2, 0.25) is 5.02 Å². The van der Waals surface area contributed by atoms with Crippen molar-refractivity contribution in [1.82, 2.24) is 20.3 Å². The molecule has 162 valence electrons. The van der Waals surface area contributed by atoms with Crippen molar-refractivity contribution in [2.45, 2.75) is 38.5 Å². The Morgan fingerprint density at radius 3 is 2.39 bits per heavy atom. The van der Waals surface area contributed by atoms with E-state index in [1.54, 1.807) is 18.2 Å². The molecule has 0 aliphatic carbocycles. The van der Waals surface area contributed by atoms with E-state index in [-0.39, 0.29) is 17.5 Å². The van der Waals surface area contributed by atoms with Crippen molar-refractivity contribution in [3.63, 3.8) is 0 Å². The first kappa shape index (κ1) is 23.0. The van der Waals surface area contributed by atoms with E-state index in [2.05, 4.69) is 21.6 Å². The molecule has 3 rings (SSSR count). The van der Waals surface area contributed by atoms with E-state index in [1.165, 1.54) is 16.9 Å². The van der Waals surface area contributed by atoms with E-state index < -0.39 is 17.3 Å². The van der Waals surface area contributed by atoms with Gasteiger partial charge in [0, 0.05) is 10.6 Å². The van der Waals surface area contributed by atoms with Crippen molar-refractivity contribution in [1.29, 1.82) is 5.26 Å². The summed E-state index contributed by atoms with van der Waals surface area (Å²) in [6.45, 7) is 4.01. The highest BCUT2D eigenvalue weighted by Crippen LogP contribution is 2.29. The molecular weight excluding hydrogens is 447 g/mol. The molecule has 1 heterocycles. The zero-order valence-electron chi connectivity index (χ0n) is 16.7. The summed E-state index contributed by atoms with van der Waals surface area (Å²) in [6, 6.07) is 11.9. The van der Waals surface area contributed by atoms with Crippen LogP contribution in [0.15, 0.2) is 42.5 Å². The second-order valence-corrected chi connectivity index (χ2v) is 8.53. The minimum Gasteiger partial charge on any atom is -0.356 e. The van der Waals surface area contributed by atoms with Gasteiger partial charge in [-0.1, -0.05) is 49.8 Å². The molecule has 31 heavy (non-hydrogen) atoms. The number of alkyl halides is 3. The third-order valence-electron chi connectivity index (χ3n) is 4.59. The number of halogens is 4. The van der Waals surface area contributed by atoms with Gasteiger partial charge in [-0.05, 0) is 42.7 Å². The molecule has 1 atom stereocenters. The largest absolute Gasteiger partial charge is 0.416 e. The van der Waals surface area contributed by atoms with Gasteiger partial charge in [0.2, 0.25) is 0 Å². The summed E-state index contributed by atoms with van der Waals surface area (Å²) >= 11 is 11.4. The number of hydrogen-bond acceptors (Lipinski definition) is 4. The molecule has 1 unspecified atom stereocenters. The van der Waals surface area contributed by atoms with E-state index in [1.807, 2.05) is 13.8 Å². The molecule has 0 aliphatic heterocycles. The van der Waals surface area contributed by atoms with Gasteiger partial charge in [0.05, 0.1) is 18.2 Å². The maximum Gasteiger partial charge on any atom is 0.416 e. The third kappa shape index (κ3) is 5.51. The number of fused-ring (bicyclic) bond motifs is 1. The Labute approximate surface area is 187 Å². The Kier molecular flexibility index (Phi) is 6.53. The predicted molar refractivity (Wildman–Crippen MR) is 117 cm³/mol. The maximum atomic E-state index is 12.8. The van der Waals surface area contributed by atoms with Crippen molar-refractivity contribution >= 4 is 39.8 Å². The molecule has 0 amide bonds. The Hall–Kier alpha value is -2.70. The van der Waals surface area contributed by atoms with Crippen molar-refractivity contribution < 1.29 is 13.2 Å². The molecule has 0 saturated heterocycles. The average molecular weight is 466 g/mol. The van der Waals surface area contributed by atoms with Crippen LogP contribution in [-0.2, 0) is 12.7 Å². The highest BCUT2D eigenvalue weighted by molar-refractivity contribution is 7.80. The van der Waals surface area contributed by atoms with Crippen molar-refractivity contribution in [3.05, 3.63) is 58.6 Å². The van der Waals surface area contributed by atoms with E-state index in [0.29, 0.717) is 28.0 Å². The number of nitrogens with zero attached hydrogens (tertiary/aromatic N) is 4. The molecule has 10 heteroatoms. The first-order valence-corrected chi connectivity index (χ1v) is 10.2. The van der Waals surface area contributed by atoms with Gasteiger partial charge in [-0.3, -0.25) is 0 Å². The molecule has 0 radical (unpaired) electrons. The first-order valence-electron chi connectivity index (χ1n) is 9.43. The summed E-state index contributed by atoms with van der Waals surface area (Å²) in [7, 11) is 0.